The Bertz CT molecular complexity index is 664. The van der Waals surface area contributed by atoms with Gasteiger partial charge in [0, 0.05) is 26.3 Å². The number of primary amides is 2. The van der Waals surface area contributed by atoms with Crippen molar-refractivity contribution in [3.63, 3.8) is 0 Å². The summed E-state index contributed by atoms with van der Waals surface area (Å²) in [5, 5.41) is 0. The number of nitrogens with two attached hydrogens (primary N) is 2. The Morgan fingerprint density at radius 3 is 2.45 bits per heavy atom. The van der Waals surface area contributed by atoms with Gasteiger partial charge >= 0.3 is 0 Å². The maximum atomic E-state index is 12.4. The normalized spacial score (nSPS) is 20.1. The second-order valence-corrected chi connectivity index (χ2v) is 6.73. The summed E-state index contributed by atoms with van der Waals surface area (Å²) in [6.07, 6.45) is 1.73. The smallest absolute Gasteiger partial charge is 0.265 e. The lowest BCUT2D eigenvalue weighted by Crippen LogP contribution is -2.31. The zero-order valence-electron chi connectivity index (χ0n) is 10.9. The molecule has 9 heteroatoms. The fraction of sp³-hybridized carbons (Fsp3) is 0.455. The first kappa shape index (κ1) is 14.5. The predicted molar refractivity (Wildman–Crippen MR) is 70.0 cm³/mol. The van der Waals surface area contributed by atoms with Crippen LogP contribution < -0.4 is 11.5 Å². The molecule has 0 bridgehead atoms. The van der Waals surface area contributed by atoms with Crippen LogP contribution in [0.3, 0.4) is 0 Å². The molecule has 1 aliphatic heterocycles. The summed E-state index contributed by atoms with van der Waals surface area (Å²) >= 11 is 0. The highest BCUT2D eigenvalue weighted by Gasteiger charge is 2.35. The Labute approximate surface area is 116 Å². The first-order valence-corrected chi connectivity index (χ1v) is 7.43. The van der Waals surface area contributed by atoms with Gasteiger partial charge in [0.05, 0.1) is 5.92 Å². The van der Waals surface area contributed by atoms with Gasteiger partial charge in [-0.25, -0.2) is 8.42 Å². The van der Waals surface area contributed by atoms with Crippen molar-refractivity contribution in [2.45, 2.75) is 11.3 Å². The minimum absolute atomic E-state index is 0.0149. The quantitative estimate of drug-likeness (QED) is 0.710. The third-order valence-corrected chi connectivity index (χ3v) is 5.25. The highest BCUT2D eigenvalue weighted by Crippen LogP contribution is 2.25. The molecule has 0 spiro atoms. The Hall–Kier alpha value is -1.87. The summed E-state index contributed by atoms with van der Waals surface area (Å²) in [5.74, 6) is -1.68. The van der Waals surface area contributed by atoms with Crippen molar-refractivity contribution in [1.29, 1.82) is 0 Å². The zero-order chi connectivity index (χ0) is 15.1. The summed E-state index contributed by atoms with van der Waals surface area (Å²) in [6.45, 7) is 0.301. The van der Waals surface area contributed by atoms with E-state index in [-0.39, 0.29) is 23.7 Å². The van der Waals surface area contributed by atoms with Gasteiger partial charge in [0.15, 0.2) is 0 Å². The monoisotopic (exact) mass is 300 g/mol. The van der Waals surface area contributed by atoms with Gasteiger partial charge < -0.3 is 16.0 Å². The predicted octanol–water partition coefficient (Wildman–Crippen LogP) is -1.38. The molecule has 1 fully saturated rings. The van der Waals surface area contributed by atoms with E-state index in [4.69, 9.17) is 11.5 Å². The average molecular weight is 300 g/mol. The second-order valence-electron chi connectivity index (χ2n) is 4.79. The molecule has 0 radical (unpaired) electrons. The lowest BCUT2D eigenvalue weighted by Gasteiger charge is -2.14. The van der Waals surface area contributed by atoms with Crippen LogP contribution in [0, 0.1) is 5.92 Å². The fourth-order valence-electron chi connectivity index (χ4n) is 2.25. The topological polar surface area (TPSA) is 128 Å². The van der Waals surface area contributed by atoms with Gasteiger partial charge in [0.1, 0.15) is 10.6 Å². The van der Waals surface area contributed by atoms with E-state index in [9.17, 15) is 18.0 Å². The lowest BCUT2D eigenvalue weighted by molar-refractivity contribution is -0.121. The SMILES string of the molecule is Cn1cc(S(=O)(=O)N2CC[C@H](C(N)=O)C2)cc1C(N)=O. The summed E-state index contributed by atoms with van der Waals surface area (Å²) in [6, 6.07) is 1.23. The summed E-state index contributed by atoms with van der Waals surface area (Å²) in [5.41, 5.74) is 10.4. The van der Waals surface area contributed by atoms with Crippen LogP contribution in [0.1, 0.15) is 16.9 Å². The number of aryl methyl sites for hydroxylation is 1. The van der Waals surface area contributed by atoms with E-state index in [1.165, 1.54) is 28.2 Å². The van der Waals surface area contributed by atoms with Crippen LogP contribution in [0.5, 0.6) is 0 Å². The van der Waals surface area contributed by atoms with Crippen molar-refractivity contribution in [2.24, 2.45) is 24.4 Å². The number of amides is 2. The van der Waals surface area contributed by atoms with Gasteiger partial charge in [-0.15, -0.1) is 0 Å². The average Bonchev–Trinajstić information content (AvgIpc) is 2.94. The van der Waals surface area contributed by atoms with Gasteiger partial charge in [0.25, 0.3) is 5.91 Å². The first-order chi connectivity index (χ1) is 9.23. The number of carbonyl (C=O) groups is 2. The van der Waals surface area contributed by atoms with Crippen LogP contribution in [0.4, 0.5) is 0 Å². The molecule has 0 saturated carbocycles. The largest absolute Gasteiger partial charge is 0.369 e. The number of hydrogen-bond acceptors (Lipinski definition) is 4. The summed E-state index contributed by atoms with van der Waals surface area (Å²) in [4.78, 5) is 22.2. The van der Waals surface area contributed by atoms with E-state index in [1.807, 2.05) is 0 Å². The van der Waals surface area contributed by atoms with E-state index < -0.39 is 27.8 Å². The van der Waals surface area contributed by atoms with E-state index in [1.54, 1.807) is 0 Å². The molecule has 1 atom stereocenters. The maximum absolute atomic E-state index is 12.4. The molecule has 8 nitrogen and oxygen atoms in total. The molecule has 4 N–H and O–H groups in total. The molecule has 20 heavy (non-hydrogen) atoms. The van der Waals surface area contributed by atoms with E-state index in [0.29, 0.717) is 6.42 Å². The fourth-order valence-corrected chi connectivity index (χ4v) is 3.82. The Balaban J connectivity index is 2.30. The maximum Gasteiger partial charge on any atom is 0.265 e. The molecule has 2 amide bonds. The van der Waals surface area contributed by atoms with Crippen molar-refractivity contribution >= 4 is 21.8 Å². The minimum Gasteiger partial charge on any atom is -0.369 e. The summed E-state index contributed by atoms with van der Waals surface area (Å²) < 4.78 is 27.4. The molecule has 0 aromatic carbocycles. The number of carbonyl (C=O) groups excluding carboxylic acids is 2. The molecule has 1 aromatic heterocycles. The third-order valence-electron chi connectivity index (χ3n) is 3.42. The van der Waals surface area contributed by atoms with Crippen molar-refractivity contribution < 1.29 is 18.0 Å². The van der Waals surface area contributed by atoms with Gasteiger partial charge in [-0.05, 0) is 12.5 Å². The molecule has 2 heterocycles. The number of hydrogen-bond donors (Lipinski definition) is 2. The van der Waals surface area contributed by atoms with Gasteiger partial charge in [-0.3, -0.25) is 9.59 Å². The van der Waals surface area contributed by atoms with Crippen LogP contribution in [-0.4, -0.2) is 42.2 Å². The summed E-state index contributed by atoms with van der Waals surface area (Å²) in [7, 11) is -2.21. The number of rotatable bonds is 4. The van der Waals surface area contributed by atoms with E-state index in [2.05, 4.69) is 0 Å². The molecular weight excluding hydrogens is 284 g/mol. The number of sulfonamides is 1. The molecule has 0 aliphatic carbocycles. The van der Waals surface area contributed by atoms with Crippen molar-refractivity contribution in [3.8, 4) is 0 Å². The molecule has 1 aliphatic rings. The van der Waals surface area contributed by atoms with Crippen molar-refractivity contribution in [1.82, 2.24) is 8.87 Å². The molecule has 0 unspecified atom stereocenters. The van der Waals surface area contributed by atoms with Crippen molar-refractivity contribution in [3.05, 3.63) is 18.0 Å². The molecule has 2 rings (SSSR count). The minimum atomic E-state index is -3.74. The molecular formula is C11H16N4O4S. The second kappa shape index (κ2) is 4.91. The van der Waals surface area contributed by atoms with Gasteiger partial charge in [-0.1, -0.05) is 0 Å². The van der Waals surface area contributed by atoms with E-state index >= 15 is 0 Å². The number of aromatic nitrogens is 1. The molecule has 1 aromatic rings. The van der Waals surface area contributed by atoms with Crippen LogP contribution in [0.15, 0.2) is 17.2 Å². The van der Waals surface area contributed by atoms with Crippen LogP contribution in [0.2, 0.25) is 0 Å². The van der Waals surface area contributed by atoms with Crippen LogP contribution >= 0.6 is 0 Å². The highest BCUT2D eigenvalue weighted by molar-refractivity contribution is 7.89. The van der Waals surface area contributed by atoms with E-state index in [0.717, 1.165) is 0 Å². The molecule has 110 valence electrons. The standard InChI is InChI=1S/C11H16N4O4S/c1-14-6-8(4-9(14)11(13)17)20(18,19)15-3-2-7(5-15)10(12)16/h4,6-7H,2-3,5H2,1H3,(H2,12,16)(H2,13,17)/t7-/m0/s1. The Kier molecular flexibility index (Phi) is 3.57. The Morgan fingerprint density at radius 2 is 2.00 bits per heavy atom. The Morgan fingerprint density at radius 1 is 1.35 bits per heavy atom. The van der Waals surface area contributed by atoms with Crippen LogP contribution in [-0.2, 0) is 21.9 Å². The van der Waals surface area contributed by atoms with Gasteiger partial charge in [0.2, 0.25) is 15.9 Å². The number of nitrogens with zero attached hydrogens (tertiary/aromatic N) is 2. The third kappa shape index (κ3) is 2.41. The first-order valence-electron chi connectivity index (χ1n) is 5.99. The zero-order valence-corrected chi connectivity index (χ0v) is 11.8. The van der Waals surface area contributed by atoms with Gasteiger partial charge in [-0.2, -0.15) is 4.31 Å². The highest BCUT2D eigenvalue weighted by atomic mass is 32.2. The lowest BCUT2D eigenvalue weighted by atomic mass is 10.1. The molecule has 1 saturated heterocycles. The van der Waals surface area contributed by atoms with Crippen molar-refractivity contribution in [2.75, 3.05) is 13.1 Å². The van der Waals surface area contributed by atoms with Crippen LogP contribution in [0.25, 0.3) is 0 Å².